The number of oxime groups is 1. The summed E-state index contributed by atoms with van der Waals surface area (Å²) in [6, 6.07) is -0.511. The van der Waals surface area contributed by atoms with E-state index in [1.165, 1.54) is 35.3 Å². The number of nitrogens with one attached hydrogen (secondary N) is 2. The van der Waals surface area contributed by atoms with Crippen molar-refractivity contribution in [2.24, 2.45) is 10.9 Å². The number of thioether (sulfide) groups is 3. The Morgan fingerprint density at radius 1 is 1.29 bits per heavy atom. The molecule has 240 valence electrons. The van der Waals surface area contributed by atoms with E-state index in [0.29, 0.717) is 16.4 Å². The number of hydrogen-bond donors (Lipinski definition) is 7. The molecule has 0 unspecified atom stereocenters. The molecule has 2 aromatic heterocycles. The number of anilines is 1. The van der Waals surface area contributed by atoms with Crippen LogP contribution in [0.1, 0.15) is 17.7 Å². The number of nitrogens with zero attached hydrogens (tertiary/aromatic N) is 4. The maximum absolute atomic E-state index is 13.1. The van der Waals surface area contributed by atoms with Crippen LogP contribution in [-0.2, 0) is 29.7 Å². The van der Waals surface area contributed by atoms with E-state index in [1.807, 2.05) is 0 Å². The molecule has 21 heteroatoms. The zero-order valence-electron chi connectivity index (χ0n) is 22.8. The van der Waals surface area contributed by atoms with E-state index < -0.39 is 59.3 Å². The van der Waals surface area contributed by atoms with Crippen molar-refractivity contribution in [3.63, 3.8) is 0 Å². The van der Waals surface area contributed by atoms with Crippen LogP contribution in [0.5, 0.6) is 0 Å². The number of β-lactam (4-membered cyclic amide) rings is 1. The normalized spacial score (nSPS) is 18.6. The van der Waals surface area contributed by atoms with Gasteiger partial charge >= 0.3 is 11.9 Å². The molecule has 2 aliphatic heterocycles. The lowest BCUT2D eigenvalue weighted by Crippen LogP contribution is -2.71. The summed E-state index contributed by atoms with van der Waals surface area (Å²) in [6.45, 7) is 0.261. The number of nitrogen functional groups attached to an aromatic ring is 1. The van der Waals surface area contributed by atoms with E-state index in [9.17, 15) is 34.3 Å². The Kier molecular flexibility index (Phi) is 11.6. The molecule has 0 bridgehead atoms. The molecular formula is C24H25ClN8O8S4. The topological polar surface area (TPSA) is 264 Å². The van der Waals surface area contributed by atoms with Gasteiger partial charge in [-0.25, -0.2) is 9.78 Å². The SMILES string of the molecule is Nc1nc(/C(=N/O)C(=O)N[C@@H]2C(=O)N3C(C(=O)O)=C(Sc4ccncc4CSCCNC(=O)[C@@H](N)CC(=O)O)CS[C@H]23)c(Cl)s1. The fraction of sp³-hybridized carbons (Fsp3) is 0.333. The number of aliphatic carboxylic acids is 2. The third kappa shape index (κ3) is 8.00. The first kappa shape index (κ1) is 34.3. The Balaban J connectivity index is 1.39. The molecule has 1 saturated heterocycles. The predicted molar refractivity (Wildman–Crippen MR) is 169 cm³/mol. The smallest absolute Gasteiger partial charge is 0.353 e. The van der Waals surface area contributed by atoms with Crippen LogP contribution in [0, 0.1) is 0 Å². The molecule has 0 aliphatic carbocycles. The number of carboxylic acids is 2. The number of halogens is 1. The highest BCUT2D eigenvalue weighted by Crippen LogP contribution is 2.46. The monoisotopic (exact) mass is 716 g/mol. The van der Waals surface area contributed by atoms with Gasteiger partial charge in [0.05, 0.1) is 12.5 Å². The summed E-state index contributed by atoms with van der Waals surface area (Å²) >= 11 is 10.8. The molecule has 4 rings (SSSR count). The van der Waals surface area contributed by atoms with Gasteiger partial charge in [-0.1, -0.05) is 39.9 Å². The summed E-state index contributed by atoms with van der Waals surface area (Å²) in [5, 5.41) is 35.6. The highest BCUT2D eigenvalue weighted by molar-refractivity contribution is 8.06. The van der Waals surface area contributed by atoms with Gasteiger partial charge < -0.3 is 37.5 Å². The number of aromatic nitrogens is 2. The average Bonchev–Trinajstić information content (AvgIpc) is 3.32. The highest BCUT2D eigenvalue weighted by atomic mass is 35.5. The number of rotatable bonds is 14. The van der Waals surface area contributed by atoms with Crippen molar-refractivity contribution >= 4 is 98.7 Å². The highest BCUT2D eigenvalue weighted by Gasteiger charge is 2.54. The molecule has 2 aromatic rings. The van der Waals surface area contributed by atoms with Crippen LogP contribution < -0.4 is 22.1 Å². The van der Waals surface area contributed by atoms with Gasteiger partial charge in [0.1, 0.15) is 27.1 Å². The molecule has 3 amide bonds. The van der Waals surface area contributed by atoms with Crippen LogP contribution in [0.4, 0.5) is 5.13 Å². The van der Waals surface area contributed by atoms with Crippen molar-refractivity contribution in [2.75, 3.05) is 23.8 Å². The first-order chi connectivity index (χ1) is 21.4. The van der Waals surface area contributed by atoms with Crippen molar-refractivity contribution < 1.29 is 39.4 Å². The number of carbonyl (C=O) groups excluding carboxylic acids is 3. The summed E-state index contributed by atoms with van der Waals surface area (Å²) < 4.78 is 0.0141. The van der Waals surface area contributed by atoms with Gasteiger partial charge in [0.25, 0.3) is 11.8 Å². The molecule has 0 spiro atoms. The van der Waals surface area contributed by atoms with Crippen LogP contribution in [0.25, 0.3) is 0 Å². The molecule has 0 aromatic carbocycles. The number of fused-ring (bicyclic) bond motifs is 1. The Hall–Kier alpha value is -3.56. The molecular weight excluding hydrogens is 692 g/mol. The van der Waals surface area contributed by atoms with E-state index in [-0.39, 0.29) is 33.2 Å². The van der Waals surface area contributed by atoms with Crippen LogP contribution in [0.2, 0.25) is 4.34 Å². The molecule has 9 N–H and O–H groups in total. The summed E-state index contributed by atoms with van der Waals surface area (Å²) in [4.78, 5) is 71.2. The second-order valence-corrected chi connectivity index (χ2v) is 14.2. The van der Waals surface area contributed by atoms with Gasteiger partial charge in [-0.2, -0.15) is 11.8 Å². The van der Waals surface area contributed by atoms with Crippen molar-refractivity contribution in [1.29, 1.82) is 0 Å². The lowest BCUT2D eigenvalue weighted by molar-refractivity contribution is -0.150. The van der Waals surface area contributed by atoms with Crippen LogP contribution in [-0.4, -0.2) is 101 Å². The van der Waals surface area contributed by atoms with Crippen molar-refractivity contribution in [3.8, 4) is 0 Å². The van der Waals surface area contributed by atoms with Crippen molar-refractivity contribution in [2.45, 2.75) is 34.5 Å². The maximum Gasteiger partial charge on any atom is 0.353 e. The first-order valence-electron chi connectivity index (χ1n) is 12.7. The van der Waals surface area contributed by atoms with E-state index in [0.717, 1.165) is 26.7 Å². The third-order valence-corrected chi connectivity index (χ3v) is 10.9. The molecule has 45 heavy (non-hydrogen) atoms. The van der Waals surface area contributed by atoms with Crippen LogP contribution in [0.15, 0.2) is 39.1 Å². The summed E-state index contributed by atoms with van der Waals surface area (Å²) in [5.74, 6) is -3.46. The molecule has 0 radical (unpaired) electrons. The second kappa shape index (κ2) is 15.1. The third-order valence-electron chi connectivity index (χ3n) is 6.19. The molecule has 1 fully saturated rings. The largest absolute Gasteiger partial charge is 0.481 e. The fourth-order valence-electron chi connectivity index (χ4n) is 4.14. The van der Waals surface area contributed by atoms with E-state index in [2.05, 4.69) is 25.8 Å². The Labute approximate surface area is 276 Å². The Morgan fingerprint density at radius 3 is 2.69 bits per heavy atom. The number of thiazole rings is 1. The maximum atomic E-state index is 13.1. The van der Waals surface area contributed by atoms with Gasteiger partial charge in [-0.3, -0.25) is 29.1 Å². The summed E-state index contributed by atoms with van der Waals surface area (Å²) in [5.41, 5.74) is 11.0. The molecule has 2 aliphatic rings. The molecule has 4 heterocycles. The van der Waals surface area contributed by atoms with E-state index in [4.69, 9.17) is 28.2 Å². The number of carboxylic acid groups (broad SMARTS) is 2. The number of hydrogen-bond acceptors (Lipinski definition) is 15. The minimum atomic E-state index is -1.31. The second-order valence-electron chi connectivity index (χ2n) is 9.19. The summed E-state index contributed by atoms with van der Waals surface area (Å²) in [6.07, 6.45) is 2.72. The Morgan fingerprint density at radius 2 is 2.04 bits per heavy atom. The molecule has 16 nitrogen and oxygen atoms in total. The summed E-state index contributed by atoms with van der Waals surface area (Å²) in [7, 11) is 0. The van der Waals surface area contributed by atoms with Crippen LogP contribution >= 0.6 is 58.2 Å². The van der Waals surface area contributed by atoms with Gasteiger partial charge in [0.2, 0.25) is 5.91 Å². The van der Waals surface area contributed by atoms with E-state index >= 15 is 0 Å². The van der Waals surface area contributed by atoms with E-state index in [1.54, 1.807) is 18.5 Å². The Bertz CT molecular complexity index is 1590. The van der Waals surface area contributed by atoms with Crippen molar-refractivity contribution in [1.82, 2.24) is 25.5 Å². The first-order valence-corrected chi connectivity index (χ1v) is 16.9. The quantitative estimate of drug-likeness (QED) is 0.0464. The number of pyridine rings is 1. The molecule has 0 saturated carbocycles. The van der Waals surface area contributed by atoms with Gasteiger partial charge in [-0.05, 0) is 11.6 Å². The van der Waals surface area contributed by atoms with Gasteiger partial charge in [0, 0.05) is 46.0 Å². The fourth-order valence-corrected chi connectivity index (χ4v) is 8.56. The minimum absolute atomic E-state index is 0.0141. The van der Waals surface area contributed by atoms with Crippen molar-refractivity contribution in [3.05, 3.63) is 44.7 Å². The van der Waals surface area contributed by atoms with Crippen LogP contribution in [0.3, 0.4) is 0 Å². The number of nitrogens with two attached hydrogens (primary N) is 2. The number of carbonyl (C=O) groups is 5. The lowest BCUT2D eigenvalue weighted by atomic mass is 10.0. The van der Waals surface area contributed by atoms with Gasteiger partial charge in [-0.15, -0.1) is 11.8 Å². The van der Waals surface area contributed by atoms with Gasteiger partial charge in [0.15, 0.2) is 10.8 Å². The predicted octanol–water partition coefficient (Wildman–Crippen LogP) is 0.592. The molecule has 3 atom stereocenters. The zero-order valence-corrected chi connectivity index (χ0v) is 26.9. The number of amides is 3. The minimum Gasteiger partial charge on any atom is -0.481 e. The average molecular weight is 717 g/mol. The standard InChI is InChI=1S/C24H25ClN8O8S4/c25-18-14(31-24(27)45-18)15(32-41)20(37)30-16-21(38)33-17(23(39)40)12(8-43-22(16)33)44-11-1-2-28-6-9(11)7-42-4-3-29-19(36)10(26)5-13(34)35/h1-2,6,10,16,22,41H,3-5,7-8,26H2,(H2,27,31)(H,29,36)(H,30,37)(H,34,35)(H,39,40)/b32-15-/t10-,16+,22+/m0/s1. The lowest BCUT2D eigenvalue weighted by Gasteiger charge is -2.49. The zero-order chi connectivity index (χ0) is 32.8.